The summed E-state index contributed by atoms with van der Waals surface area (Å²) in [4.78, 5) is 13.8. The van der Waals surface area contributed by atoms with E-state index in [1.807, 2.05) is 41.3 Å². The van der Waals surface area contributed by atoms with Crippen LogP contribution in [0, 0.1) is 0 Å². The van der Waals surface area contributed by atoms with Crippen LogP contribution >= 0.6 is 11.6 Å². The minimum absolute atomic E-state index is 0.0662. The van der Waals surface area contributed by atoms with Crippen LogP contribution in [-0.2, 0) is 11.3 Å². The molecule has 0 aliphatic carbocycles. The van der Waals surface area contributed by atoms with Crippen LogP contribution in [-0.4, -0.2) is 41.7 Å². The number of likely N-dealkylation sites (tertiary alicyclic amines) is 1. The smallest absolute Gasteiger partial charge is 0.234 e. The van der Waals surface area contributed by atoms with Crippen LogP contribution in [0.1, 0.15) is 12.2 Å². The SMILES string of the molecule is O=C(CN1CC[C@H](O)C1)NCc1ccc(-c2ccc(Cl)cc2)o1. The van der Waals surface area contributed by atoms with Crippen LogP contribution in [0.2, 0.25) is 5.02 Å². The Bertz CT molecular complexity index is 669. The van der Waals surface area contributed by atoms with Gasteiger partial charge in [0.25, 0.3) is 0 Å². The third-order valence-electron chi connectivity index (χ3n) is 3.86. The average molecular weight is 335 g/mol. The summed E-state index contributed by atoms with van der Waals surface area (Å²) in [5, 5.41) is 13.0. The Morgan fingerprint density at radius 1 is 1.30 bits per heavy atom. The second-order valence-electron chi connectivity index (χ2n) is 5.73. The highest BCUT2D eigenvalue weighted by Crippen LogP contribution is 2.23. The Hall–Kier alpha value is -1.82. The highest BCUT2D eigenvalue weighted by atomic mass is 35.5. The normalized spacial score (nSPS) is 18.3. The molecule has 2 aromatic rings. The molecule has 1 amide bonds. The van der Waals surface area contributed by atoms with Crippen molar-refractivity contribution in [3.8, 4) is 11.3 Å². The van der Waals surface area contributed by atoms with Gasteiger partial charge in [0.1, 0.15) is 11.5 Å². The predicted molar refractivity (Wildman–Crippen MR) is 88.1 cm³/mol. The zero-order chi connectivity index (χ0) is 16.2. The number of benzene rings is 1. The number of aliphatic hydroxyl groups excluding tert-OH is 1. The highest BCUT2D eigenvalue weighted by Gasteiger charge is 2.21. The van der Waals surface area contributed by atoms with E-state index in [0.717, 1.165) is 24.3 Å². The molecule has 0 unspecified atom stereocenters. The Labute approximate surface area is 139 Å². The standard InChI is InChI=1S/C17H19ClN2O3/c18-13-3-1-12(2-4-13)16-6-5-15(23-16)9-19-17(22)11-20-8-7-14(21)10-20/h1-6,14,21H,7-11H2,(H,19,22)/t14-/m0/s1. The van der Waals surface area contributed by atoms with E-state index < -0.39 is 0 Å². The second kappa shape index (κ2) is 7.17. The fraction of sp³-hybridized carbons (Fsp3) is 0.353. The molecule has 1 saturated heterocycles. The molecule has 1 fully saturated rings. The van der Waals surface area contributed by atoms with Gasteiger partial charge in [0.2, 0.25) is 5.91 Å². The quantitative estimate of drug-likeness (QED) is 0.880. The molecule has 6 heteroatoms. The first kappa shape index (κ1) is 16.1. The third kappa shape index (κ3) is 4.34. The van der Waals surface area contributed by atoms with Gasteiger partial charge in [-0.05, 0) is 42.8 Å². The van der Waals surface area contributed by atoms with Crippen molar-refractivity contribution in [1.29, 1.82) is 0 Å². The van der Waals surface area contributed by atoms with Crippen LogP contribution < -0.4 is 5.32 Å². The van der Waals surface area contributed by atoms with Gasteiger partial charge < -0.3 is 14.8 Å². The van der Waals surface area contributed by atoms with E-state index in [1.165, 1.54) is 0 Å². The third-order valence-corrected chi connectivity index (χ3v) is 4.12. The molecule has 1 aromatic carbocycles. The molecule has 122 valence electrons. The van der Waals surface area contributed by atoms with Gasteiger partial charge in [-0.15, -0.1) is 0 Å². The maximum atomic E-state index is 11.9. The van der Waals surface area contributed by atoms with Crippen molar-refractivity contribution in [3.05, 3.63) is 47.2 Å². The predicted octanol–water partition coefficient (Wildman–Crippen LogP) is 2.28. The van der Waals surface area contributed by atoms with Gasteiger partial charge in [0.05, 0.1) is 19.2 Å². The number of aliphatic hydroxyl groups is 1. The van der Waals surface area contributed by atoms with Crippen molar-refractivity contribution in [3.63, 3.8) is 0 Å². The molecule has 1 atom stereocenters. The summed E-state index contributed by atoms with van der Waals surface area (Å²) in [5.74, 6) is 1.38. The number of nitrogens with one attached hydrogen (secondary N) is 1. The van der Waals surface area contributed by atoms with Gasteiger partial charge in [-0.25, -0.2) is 0 Å². The molecular formula is C17H19ClN2O3. The van der Waals surface area contributed by atoms with Crippen molar-refractivity contribution in [2.45, 2.75) is 19.1 Å². The van der Waals surface area contributed by atoms with Crippen molar-refractivity contribution in [2.24, 2.45) is 0 Å². The number of carbonyl (C=O) groups excluding carboxylic acids is 1. The summed E-state index contributed by atoms with van der Waals surface area (Å²) in [6.45, 7) is 1.98. The fourth-order valence-corrected chi connectivity index (χ4v) is 2.77. The van der Waals surface area contributed by atoms with Crippen LogP contribution in [0.25, 0.3) is 11.3 Å². The number of halogens is 1. The average Bonchev–Trinajstić information content (AvgIpc) is 3.15. The first-order valence-electron chi connectivity index (χ1n) is 7.62. The molecule has 2 heterocycles. The lowest BCUT2D eigenvalue weighted by Crippen LogP contribution is -2.36. The number of hydrogen-bond donors (Lipinski definition) is 2. The molecule has 1 aromatic heterocycles. The first-order valence-corrected chi connectivity index (χ1v) is 8.00. The molecule has 0 bridgehead atoms. The lowest BCUT2D eigenvalue weighted by molar-refractivity contribution is -0.122. The van der Waals surface area contributed by atoms with E-state index in [1.54, 1.807) is 0 Å². The molecule has 2 N–H and O–H groups in total. The molecule has 5 nitrogen and oxygen atoms in total. The summed E-state index contributed by atoms with van der Waals surface area (Å²) in [7, 11) is 0. The highest BCUT2D eigenvalue weighted by molar-refractivity contribution is 6.30. The Balaban J connectivity index is 1.51. The van der Waals surface area contributed by atoms with Gasteiger partial charge in [-0.2, -0.15) is 0 Å². The van der Waals surface area contributed by atoms with Gasteiger partial charge in [-0.3, -0.25) is 9.69 Å². The molecular weight excluding hydrogens is 316 g/mol. The van der Waals surface area contributed by atoms with Crippen molar-refractivity contribution in [1.82, 2.24) is 10.2 Å². The van der Waals surface area contributed by atoms with E-state index in [0.29, 0.717) is 30.4 Å². The summed E-state index contributed by atoms with van der Waals surface area (Å²) >= 11 is 5.87. The number of β-amino-alcohol motifs (C(OH)–C–C–N with tert-alkyl or cyclic N) is 1. The largest absolute Gasteiger partial charge is 0.459 e. The lowest BCUT2D eigenvalue weighted by Gasteiger charge is -2.13. The number of furan rings is 1. The fourth-order valence-electron chi connectivity index (χ4n) is 2.64. The van der Waals surface area contributed by atoms with Crippen LogP contribution in [0.3, 0.4) is 0 Å². The van der Waals surface area contributed by atoms with E-state index in [4.69, 9.17) is 16.0 Å². The van der Waals surface area contributed by atoms with Gasteiger partial charge in [0, 0.05) is 23.7 Å². The van der Waals surface area contributed by atoms with E-state index in [9.17, 15) is 9.90 Å². The molecule has 23 heavy (non-hydrogen) atoms. The zero-order valence-corrected chi connectivity index (χ0v) is 13.4. The number of carbonyl (C=O) groups is 1. The number of hydrogen-bond acceptors (Lipinski definition) is 4. The lowest BCUT2D eigenvalue weighted by atomic mass is 10.2. The number of nitrogens with zero attached hydrogens (tertiary/aromatic N) is 1. The Kier molecular flexibility index (Phi) is 5.00. The van der Waals surface area contributed by atoms with Gasteiger partial charge in [0.15, 0.2) is 0 Å². The maximum Gasteiger partial charge on any atom is 0.234 e. The van der Waals surface area contributed by atoms with Crippen LogP contribution in [0.4, 0.5) is 0 Å². The molecule has 1 aliphatic heterocycles. The summed E-state index contributed by atoms with van der Waals surface area (Å²) in [6.07, 6.45) is 0.422. The van der Waals surface area contributed by atoms with Crippen molar-refractivity contribution < 1.29 is 14.3 Å². The Morgan fingerprint density at radius 3 is 2.78 bits per heavy atom. The number of rotatable bonds is 5. The summed E-state index contributed by atoms with van der Waals surface area (Å²) in [5.41, 5.74) is 0.943. The maximum absolute atomic E-state index is 11.9. The van der Waals surface area contributed by atoms with Gasteiger partial charge >= 0.3 is 0 Å². The monoisotopic (exact) mass is 334 g/mol. The van der Waals surface area contributed by atoms with Crippen molar-refractivity contribution in [2.75, 3.05) is 19.6 Å². The van der Waals surface area contributed by atoms with E-state index in [-0.39, 0.29) is 12.0 Å². The molecule has 0 spiro atoms. The molecule has 1 aliphatic rings. The molecule has 0 radical (unpaired) electrons. The summed E-state index contributed by atoms with van der Waals surface area (Å²) < 4.78 is 5.74. The minimum Gasteiger partial charge on any atom is -0.459 e. The Morgan fingerprint density at radius 2 is 2.09 bits per heavy atom. The molecule has 3 rings (SSSR count). The van der Waals surface area contributed by atoms with E-state index in [2.05, 4.69) is 5.32 Å². The topological polar surface area (TPSA) is 65.7 Å². The molecule has 0 saturated carbocycles. The van der Waals surface area contributed by atoms with E-state index >= 15 is 0 Å². The zero-order valence-electron chi connectivity index (χ0n) is 12.7. The minimum atomic E-state index is -0.310. The second-order valence-corrected chi connectivity index (χ2v) is 6.16. The van der Waals surface area contributed by atoms with Gasteiger partial charge in [-0.1, -0.05) is 11.6 Å². The first-order chi connectivity index (χ1) is 11.1. The van der Waals surface area contributed by atoms with Crippen LogP contribution in [0.15, 0.2) is 40.8 Å². The summed E-state index contributed by atoms with van der Waals surface area (Å²) in [6, 6.07) is 11.1. The number of amides is 1. The van der Waals surface area contributed by atoms with Crippen molar-refractivity contribution >= 4 is 17.5 Å². The van der Waals surface area contributed by atoms with Crippen LogP contribution in [0.5, 0.6) is 0 Å².